The second-order valence-electron chi connectivity index (χ2n) is 2.29. The van der Waals surface area contributed by atoms with Gasteiger partial charge in [-0.1, -0.05) is 0 Å². The van der Waals surface area contributed by atoms with Crippen LogP contribution in [-0.4, -0.2) is 38.8 Å². The molecule has 0 fully saturated rings. The Morgan fingerprint density at radius 3 is 2.27 bits per heavy atom. The minimum absolute atomic E-state index is 1.56. The van der Waals surface area contributed by atoms with E-state index in [4.69, 9.17) is 21.5 Å². The van der Waals surface area contributed by atoms with Crippen LogP contribution < -0.4 is 5.73 Å². The second kappa shape index (κ2) is 4.21. The molecule has 0 aromatic heterocycles. The van der Waals surface area contributed by atoms with Crippen LogP contribution in [0.3, 0.4) is 0 Å². The molecule has 0 aliphatic carbocycles. The largest absolute Gasteiger partial charge is 0.480 e. The molecule has 0 rings (SSSR count). The van der Waals surface area contributed by atoms with Gasteiger partial charge in [0.25, 0.3) is 0 Å². The summed E-state index contributed by atoms with van der Waals surface area (Å²) < 4.78 is 0. The van der Waals surface area contributed by atoms with Gasteiger partial charge < -0.3 is 15.9 Å². The van der Waals surface area contributed by atoms with Crippen LogP contribution in [-0.2, 0) is 9.59 Å². The van der Waals surface area contributed by atoms with E-state index in [0.29, 0.717) is 0 Å². The molecule has 0 aliphatic rings. The zero-order valence-electron chi connectivity index (χ0n) is 6.97. The van der Waals surface area contributed by atoms with Gasteiger partial charge >= 0.3 is 17.6 Å². The lowest BCUT2D eigenvalue weighted by molar-refractivity contribution is -0.555. The molecular weight excluding hydrogens is 214 g/mol. The minimum Gasteiger partial charge on any atom is -0.480 e. The lowest BCUT2D eigenvalue weighted by Gasteiger charge is -2.18. The maximum atomic E-state index is 10.5. The number of aliphatic carboxylic acids is 2. The molecule has 0 spiro atoms. The van der Waals surface area contributed by atoms with Crippen LogP contribution in [0.15, 0.2) is 5.11 Å². The Kier molecular flexibility index (Phi) is 3.54. The highest BCUT2D eigenvalue weighted by atomic mass is 16.6. The molecule has 15 heavy (non-hydrogen) atoms. The summed E-state index contributed by atoms with van der Waals surface area (Å²) in [5, 5.41) is 29.6. The highest BCUT2D eigenvalue weighted by Gasteiger charge is 2.60. The Labute approximate surface area is 80.9 Å². The van der Waals surface area contributed by atoms with Gasteiger partial charge in [-0.3, -0.25) is 14.9 Å². The molecule has 82 valence electrons. The fourth-order valence-corrected chi connectivity index (χ4v) is 0.707. The number of nitrogens with two attached hydrogens (primary N) is 1. The molecule has 2 atom stereocenters. The number of nitrogens with zero attached hydrogens (tertiary/aromatic N) is 4. The Bertz CT molecular complexity index is 339. The topological polar surface area (TPSA) is 193 Å². The first-order valence-corrected chi connectivity index (χ1v) is 3.23. The van der Waals surface area contributed by atoms with Crippen molar-refractivity contribution in [2.75, 3.05) is 0 Å². The quantitative estimate of drug-likeness (QED) is 0.169. The van der Waals surface area contributed by atoms with Crippen molar-refractivity contribution < 1.29 is 24.7 Å². The highest BCUT2D eigenvalue weighted by Crippen LogP contribution is 2.17. The average molecular weight is 219 g/mol. The van der Waals surface area contributed by atoms with Crippen LogP contribution in [0.25, 0.3) is 10.4 Å². The van der Waals surface area contributed by atoms with E-state index >= 15 is 0 Å². The fraction of sp³-hybridized carbons (Fsp3) is 0.500. The second-order valence-corrected chi connectivity index (χ2v) is 2.29. The number of rotatable bonds is 5. The van der Waals surface area contributed by atoms with E-state index in [1.807, 2.05) is 4.91 Å². The lowest BCUT2D eigenvalue weighted by atomic mass is 10.0. The third-order valence-corrected chi connectivity index (χ3v) is 1.49. The molecule has 0 aromatic carbocycles. The van der Waals surface area contributed by atoms with Crippen molar-refractivity contribution in [3.8, 4) is 0 Å². The summed E-state index contributed by atoms with van der Waals surface area (Å²) >= 11 is 0. The first-order valence-electron chi connectivity index (χ1n) is 3.23. The first-order chi connectivity index (χ1) is 6.80. The van der Waals surface area contributed by atoms with Gasteiger partial charge in [-0.2, -0.15) is 0 Å². The third-order valence-electron chi connectivity index (χ3n) is 1.49. The molecule has 0 aromatic rings. The van der Waals surface area contributed by atoms with Crippen molar-refractivity contribution in [3.63, 3.8) is 0 Å². The number of carboxylic acids is 2. The minimum atomic E-state index is -3.44. The van der Waals surface area contributed by atoms with Crippen molar-refractivity contribution in [2.24, 2.45) is 10.8 Å². The van der Waals surface area contributed by atoms with E-state index in [-0.39, 0.29) is 0 Å². The maximum absolute atomic E-state index is 10.5. The SMILES string of the molecule is [N-]=[N+]=NC(C(=O)O)(C(N)C(=O)O)[N+](=O)[O-]. The number of carboxylic acid groups (broad SMARTS) is 2. The summed E-state index contributed by atoms with van der Waals surface area (Å²) in [4.78, 5) is 31.7. The zero-order chi connectivity index (χ0) is 12.2. The smallest absolute Gasteiger partial charge is 0.420 e. The third kappa shape index (κ3) is 1.92. The van der Waals surface area contributed by atoms with Crippen molar-refractivity contribution in [1.82, 2.24) is 0 Å². The number of hydrogen-bond donors (Lipinski definition) is 3. The van der Waals surface area contributed by atoms with Crippen LogP contribution in [0, 0.1) is 10.1 Å². The van der Waals surface area contributed by atoms with Gasteiger partial charge in [0, 0.05) is 14.9 Å². The van der Waals surface area contributed by atoms with Crippen LogP contribution in [0.4, 0.5) is 0 Å². The van der Waals surface area contributed by atoms with E-state index in [1.54, 1.807) is 0 Å². The summed E-state index contributed by atoms with van der Waals surface area (Å²) in [7, 11) is 0. The molecule has 0 radical (unpaired) electrons. The summed E-state index contributed by atoms with van der Waals surface area (Å²) in [6, 6.07) is -2.49. The van der Waals surface area contributed by atoms with E-state index < -0.39 is 28.6 Å². The van der Waals surface area contributed by atoms with Gasteiger partial charge in [-0.05, 0) is 5.53 Å². The number of hydrogen-bond acceptors (Lipinski definition) is 6. The number of nitro groups is 1. The van der Waals surface area contributed by atoms with Gasteiger partial charge in [-0.15, -0.1) is 0 Å². The maximum Gasteiger partial charge on any atom is 0.420 e. The normalized spacial score (nSPS) is 15.5. The van der Waals surface area contributed by atoms with E-state index in [2.05, 4.69) is 5.11 Å². The predicted octanol–water partition coefficient (Wildman–Crippen LogP) is -1.23. The molecule has 0 heterocycles. The fourth-order valence-electron chi connectivity index (χ4n) is 0.707. The molecule has 11 heteroatoms. The Morgan fingerprint density at radius 2 is 2.07 bits per heavy atom. The number of azide groups is 1. The Morgan fingerprint density at radius 1 is 1.60 bits per heavy atom. The van der Waals surface area contributed by atoms with Gasteiger partial charge in [-0.25, -0.2) is 4.79 Å². The summed E-state index contributed by atoms with van der Waals surface area (Å²) in [5.41, 5.74) is 9.33. The van der Waals surface area contributed by atoms with Gasteiger partial charge in [0.05, 0.1) is 0 Å². The summed E-state index contributed by atoms with van der Waals surface area (Å²) in [6.07, 6.45) is 0. The van der Waals surface area contributed by atoms with E-state index in [0.717, 1.165) is 0 Å². The van der Waals surface area contributed by atoms with Crippen LogP contribution in [0.2, 0.25) is 0 Å². The van der Waals surface area contributed by atoms with E-state index in [9.17, 15) is 19.7 Å². The van der Waals surface area contributed by atoms with E-state index in [1.165, 1.54) is 0 Å². The molecule has 4 N–H and O–H groups in total. The van der Waals surface area contributed by atoms with Gasteiger partial charge in [0.15, 0.2) is 6.04 Å². The average Bonchev–Trinajstić information content (AvgIpc) is 2.11. The number of carbonyl (C=O) groups is 2. The van der Waals surface area contributed by atoms with Crippen molar-refractivity contribution in [3.05, 3.63) is 20.6 Å². The highest BCUT2D eigenvalue weighted by molar-refractivity contribution is 5.87. The molecule has 11 nitrogen and oxygen atoms in total. The molecule has 0 saturated heterocycles. The molecule has 0 saturated carbocycles. The van der Waals surface area contributed by atoms with Gasteiger partial charge in [0.2, 0.25) is 0 Å². The zero-order valence-corrected chi connectivity index (χ0v) is 6.97. The van der Waals surface area contributed by atoms with Crippen LogP contribution in [0.5, 0.6) is 0 Å². The van der Waals surface area contributed by atoms with Crippen LogP contribution >= 0.6 is 0 Å². The standard InChI is InChI=1S/C4H5N5O6/c5-1(2(10)11)4(3(12)13,7-8-6)9(14)15/h1H,5H2,(H,10,11)(H,12,13). The van der Waals surface area contributed by atoms with Crippen molar-refractivity contribution >= 4 is 11.9 Å². The van der Waals surface area contributed by atoms with Crippen molar-refractivity contribution in [2.45, 2.75) is 11.7 Å². The Balaban J connectivity index is 5.73. The summed E-state index contributed by atoms with van der Waals surface area (Å²) in [5.74, 6) is -4.22. The van der Waals surface area contributed by atoms with Gasteiger partial charge in [0.1, 0.15) is 0 Å². The summed E-state index contributed by atoms with van der Waals surface area (Å²) in [6.45, 7) is 0. The molecular formula is C4H5N5O6. The molecule has 0 bridgehead atoms. The molecule has 0 amide bonds. The lowest BCUT2D eigenvalue weighted by Crippen LogP contribution is -2.61. The Hall–Kier alpha value is -2.39. The first kappa shape index (κ1) is 12.6. The molecule has 0 aliphatic heterocycles. The van der Waals surface area contributed by atoms with Crippen molar-refractivity contribution in [1.29, 1.82) is 0 Å². The monoisotopic (exact) mass is 219 g/mol. The predicted molar refractivity (Wildman–Crippen MR) is 42.1 cm³/mol. The van der Waals surface area contributed by atoms with Crippen LogP contribution in [0.1, 0.15) is 0 Å². The molecule has 2 unspecified atom stereocenters.